The van der Waals surface area contributed by atoms with Crippen molar-refractivity contribution in [3.63, 3.8) is 0 Å². The lowest BCUT2D eigenvalue weighted by molar-refractivity contribution is 0.512. The predicted octanol–water partition coefficient (Wildman–Crippen LogP) is 2.63. The molecule has 20 heavy (non-hydrogen) atoms. The number of nitrogens with one attached hydrogen (secondary N) is 1. The van der Waals surface area contributed by atoms with Gasteiger partial charge in [-0.15, -0.1) is 10.2 Å². The quantitative estimate of drug-likeness (QED) is 0.873. The van der Waals surface area contributed by atoms with Crippen LogP contribution in [0, 0.1) is 0 Å². The highest BCUT2D eigenvalue weighted by molar-refractivity contribution is 7.91. The van der Waals surface area contributed by atoms with E-state index in [0.29, 0.717) is 11.4 Å². The summed E-state index contributed by atoms with van der Waals surface area (Å²) < 4.78 is 24.3. The van der Waals surface area contributed by atoms with Gasteiger partial charge in [0.15, 0.2) is 9.84 Å². The summed E-state index contributed by atoms with van der Waals surface area (Å²) in [5.74, 6) is 0.290. The van der Waals surface area contributed by atoms with Crippen LogP contribution in [0.15, 0.2) is 0 Å². The molecule has 0 aromatic carbocycles. The Morgan fingerprint density at radius 1 is 1.35 bits per heavy atom. The minimum atomic E-state index is -3.03. The predicted molar refractivity (Wildman–Crippen MR) is 81.6 cm³/mol. The van der Waals surface area contributed by atoms with Crippen LogP contribution in [0.2, 0.25) is 0 Å². The van der Waals surface area contributed by atoms with E-state index in [4.69, 9.17) is 0 Å². The van der Waals surface area contributed by atoms with Gasteiger partial charge in [-0.1, -0.05) is 31.6 Å². The SMILES string of the molecule is CCCNC(CC)c1nnc(C2CCCCS2(=O)=O)s1. The van der Waals surface area contributed by atoms with E-state index in [-0.39, 0.29) is 11.8 Å². The van der Waals surface area contributed by atoms with Crippen LogP contribution < -0.4 is 5.32 Å². The van der Waals surface area contributed by atoms with E-state index in [1.807, 2.05) is 0 Å². The topological polar surface area (TPSA) is 72.0 Å². The van der Waals surface area contributed by atoms with Crippen molar-refractivity contribution in [1.82, 2.24) is 15.5 Å². The lowest BCUT2D eigenvalue weighted by atomic mass is 10.2. The van der Waals surface area contributed by atoms with Gasteiger partial charge in [0.25, 0.3) is 0 Å². The second-order valence-electron chi connectivity index (χ2n) is 5.24. The molecule has 2 heterocycles. The van der Waals surface area contributed by atoms with Crippen molar-refractivity contribution in [2.75, 3.05) is 12.3 Å². The number of hydrogen-bond acceptors (Lipinski definition) is 6. The van der Waals surface area contributed by atoms with Crippen molar-refractivity contribution in [2.45, 2.75) is 57.2 Å². The van der Waals surface area contributed by atoms with Crippen LogP contribution in [-0.2, 0) is 9.84 Å². The Hall–Kier alpha value is -0.530. The van der Waals surface area contributed by atoms with Crippen molar-refractivity contribution in [3.8, 4) is 0 Å². The Kier molecular flexibility index (Phi) is 5.51. The molecule has 0 saturated carbocycles. The zero-order valence-corrected chi connectivity index (χ0v) is 13.8. The highest BCUT2D eigenvalue weighted by Crippen LogP contribution is 2.36. The maximum absolute atomic E-state index is 12.1. The van der Waals surface area contributed by atoms with Gasteiger partial charge in [-0.3, -0.25) is 0 Å². The van der Waals surface area contributed by atoms with E-state index in [0.717, 1.165) is 37.2 Å². The summed E-state index contributed by atoms with van der Waals surface area (Å²) in [6.45, 7) is 5.17. The van der Waals surface area contributed by atoms with Crippen molar-refractivity contribution in [3.05, 3.63) is 10.0 Å². The maximum atomic E-state index is 12.1. The molecule has 2 atom stereocenters. The third kappa shape index (κ3) is 3.56. The minimum Gasteiger partial charge on any atom is -0.308 e. The first kappa shape index (κ1) is 15.9. The molecule has 2 rings (SSSR count). The van der Waals surface area contributed by atoms with Gasteiger partial charge < -0.3 is 5.32 Å². The molecule has 0 aliphatic carbocycles. The first-order chi connectivity index (χ1) is 9.58. The van der Waals surface area contributed by atoms with Crippen molar-refractivity contribution in [1.29, 1.82) is 0 Å². The van der Waals surface area contributed by atoms with Gasteiger partial charge in [-0.05, 0) is 32.2 Å². The molecule has 2 unspecified atom stereocenters. The summed E-state index contributed by atoms with van der Waals surface area (Å²) in [6, 6.07) is 0.187. The Labute approximate surface area is 125 Å². The molecule has 5 nitrogen and oxygen atoms in total. The minimum absolute atomic E-state index is 0.187. The third-order valence-corrected chi connectivity index (χ3v) is 7.14. The van der Waals surface area contributed by atoms with Gasteiger partial charge in [0, 0.05) is 0 Å². The summed E-state index contributed by atoms with van der Waals surface area (Å²) in [6.07, 6.45) is 4.44. The molecular weight excluding hydrogens is 294 g/mol. The van der Waals surface area contributed by atoms with Crippen molar-refractivity contribution >= 4 is 21.2 Å². The highest BCUT2D eigenvalue weighted by Gasteiger charge is 2.33. The van der Waals surface area contributed by atoms with Crippen LogP contribution >= 0.6 is 11.3 Å². The molecule has 114 valence electrons. The van der Waals surface area contributed by atoms with E-state index in [1.54, 1.807) is 0 Å². The van der Waals surface area contributed by atoms with E-state index in [1.165, 1.54) is 11.3 Å². The Morgan fingerprint density at radius 3 is 2.80 bits per heavy atom. The number of hydrogen-bond donors (Lipinski definition) is 1. The fourth-order valence-electron chi connectivity index (χ4n) is 2.47. The molecule has 1 aromatic heterocycles. The van der Waals surface area contributed by atoms with Gasteiger partial charge in [-0.2, -0.15) is 0 Å². The zero-order chi connectivity index (χ0) is 14.6. The van der Waals surface area contributed by atoms with Crippen LogP contribution in [0.1, 0.15) is 67.3 Å². The average molecular weight is 317 g/mol. The normalized spacial score (nSPS) is 23.6. The van der Waals surface area contributed by atoms with Crippen LogP contribution in [0.4, 0.5) is 0 Å². The molecule has 1 aromatic rings. The first-order valence-corrected chi connectivity index (χ1v) is 9.90. The summed E-state index contributed by atoms with van der Waals surface area (Å²) in [5, 5.41) is 13.0. The maximum Gasteiger partial charge on any atom is 0.159 e. The largest absolute Gasteiger partial charge is 0.308 e. The van der Waals surface area contributed by atoms with Crippen molar-refractivity contribution in [2.24, 2.45) is 0 Å². The highest BCUT2D eigenvalue weighted by atomic mass is 32.2. The average Bonchev–Trinajstić information content (AvgIpc) is 2.88. The monoisotopic (exact) mass is 317 g/mol. The molecule has 1 aliphatic heterocycles. The first-order valence-electron chi connectivity index (χ1n) is 7.36. The molecular formula is C13H23N3O2S2. The lowest BCUT2D eigenvalue weighted by Crippen LogP contribution is -2.21. The zero-order valence-electron chi connectivity index (χ0n) is 12.1. The van der Waals surface area contributed by atoms with Gasteiger partial charge in [-0.25, -0.2) is 8.42 Å². The summed E-state index contributed by atoms with van der Waals surface area (Å²) in [5.41, 5.74) is 0. The number of sulfone groups is 1. The van der Waals surface area contributed by atoms with E-state index in [2.05, 4.69) is 29.4 Å². The smallest absolute Gasteiger partial charge is 0.159 e. The van der Waals surface area contributed by atoms with Crippen LogP contribution in [-0.4, -0.2) is 30.9 Å². The standard InChI is InChI=1S/C13H23N3O2S2/c1-3-8-14-10(4-2)12-15-16-13(19-12)11-7-5-6-9-20(11,17)18/h10-11,14H,3-9H2,1-2H3. The summed E-state index contributed by atoms with van der Waals surface area (Å²) in [7, 11) is -3.03. The van der Waals surface area contributed by atoms with Gasteiger partial charge >= 0.3 is 0 Å². The van der Waals surface area contributed by atoms with E-state index in [9.17, 15) is 8.42 Å². The van der Waals surface area contributed by atoms with Crippen LogP contribution in [0.3, 0.4) is 0 Å². The van der Waals surface area contributed by atoms with E-state index < -0.39 is 15.1 Å². The summed E-state index contributed by atoms with van der Waals surface area (Å²) >= 11 is 1.46. The molecule has 1 aliphatic rings. The summed E-state index contributed by atoms with van der Waals surface area (Å²) in [4.78, 5) is 0. The number of aromatic nitrogens is 2. The molecule has 1 saturated heterocycles. The fraction of sp³-hybridized carbons (Fsp3) is 0.846. The van der Waals surface area contributed by atoms with Gasteiger partial charge in [0.1, 0.15) is 15.3 Å². The van der Waals surface area contributed by atoms with Crippen molar-refractivity contribution < 1.29 is 8.42 Å². The molecule has 1 N–H and O–H groups in total. The van der Waals surface area contributed by atoms with Crippen LogP contribution in [0.25, 0.3) is 0 Å². The number of nitrogens with zero attached hydrogens (tertiary/aromatic N) is 2. The number of rotatable bonds is 6. The fourth-order valence-corrected chi connectivity index (χ4v) is 5.85. The second-order valence-corrected chi connectivity index (χ2v) is 8.59. The molecule has 1 fully saturated rings. The Bertz CT molecular complexity index is 527. The molecule has 0 spiro atoms. The Morgan fingerprint density at radius 2 is 2.15 bits per heavy atom. The molecule has 0 amide bonds. The molecule has 0 bridgehead atoms. The van der Waals surface area contributed by atoms with E-state index >= 15 is 0 Å². The van der Waals surface area contributed by atoms with Crippen LogP contribution in [0.5, 0.6) is 0 Å². The molecule has 7 heteroatoms. The van der Waals surface area contributed by atoms with Gasteiger partial charge in [0.05, 0.1) is 11.8 Å². The third-order valence-electron chi connectivity index (χ3n) is 3.66. The lowest BCUT2D eigenvalue weighted by Gasteiger charge is -2.19. The molecule has 0 radical (unpaired) electrons. The van der Waals surface area contributed by atoms with Gasteiger partial charge in [0.2, 0.25) is 0 Å². The Balaban J connectivity index is 2.15. The second kappa shape index (κ2) is 6.95.